The van der Waals surface area contributed by atoms with Crippen molar-refractivity contribution in [2.24, 2.45) is 11.7 Å². The lowest BCUT2D eigenvalue weighted by Crippen LogP contribution is -2.31. The van der Waals surface area contributed by atoms with Crippen molar-refractivity contribution < 1.29 is 9.18 Å². The molecule has 0 radical (unpaired) electrons. The third-order valence-electron chi connectivity index (χ3n) is 3.56. The molecule has 118 valence electrons. The van der Waals surface area contributed by atoms with Crippen LogP contribution in [-0.2, 0) is 11.2 Å². The maximum atomic E-state index is 13.0. The van der Waals surface area contributed by atoms with Crippen LogP contribution in [0.4, 0.5) is 10.2 Å². The summed E-state index contributed by atoms with van der Waals surface area (Å²) >= 11 is 1.53. The molecule has 5 nitrogen and oxygen atoms in total. The van der Waals surface area contributed by atoms with Gasteiger partial charge in [-0.1, -0.05) is 12.1 Å². The first kappa shape index (κ1) is 15.4. The number of anilines is 1. The molecule has 1 amide bonds. The highest BCUT2D eigenvalue weighted by atomic mass is 32.1. The number of thiophene rings is 1. The highest BCUT2D eigenvalue weighted by Crippen LogP contribution is 2.25. The van der Waals surface area contributed by atoms with Crippen LogP contribution in [0.15, 0.2) is 42.0 Å². The van der Waals surface area contributed by atoms with Crippen LogP contribution in [0.2, 0.25) is 0 Å². The smallest absolute Gasteiger partial charge is 0.222 e. The van der Waals surface area contributed by atoms with Gasteiger partial charge in [0, 0.05) is 6.54 Å². The van der Waals surface area contributed by atoms with Crippen LogP contribution < -0.4 is 11.1 Å². The minimum Gasteiger partial charge on any atom is -0.369 e. The molecule has 0 saturated heterocycles. The minimum absolute atomic E-state index is 0.302. The summed E-state index contributed by atoms with van der Waals surface area (Å²) < 4.78 is 13.9. The Hall–Kier alpha value is -2.54. The van der Waals surface area contributed by atoms with Crippen LogP contribution in [0, 0.1) is 11.7 Å². The van der Waals surface area contributed by atoms with Crippen LogP contribution in [-0.4, -0.2) is 22.4 Å². The molecule has 2 heterocycles. The zero-order chi connectivity index (χ0) is 16.2. The van der Waals surface area contributed by atoms with E-state index in [1.54, 1.807) is 12.1 Å². The first-order chi connectivity index (χ1) is 11.1. The maximum Gasteiger partial charge on any atom is 0.222 e. The van der Waals surface area contributed by atoms with Crippen molar-refractivity contribution in [3.63, 3.8) is 0 Å². The number of carbonyl (C=O) groups excluding carboxylic acids is 1. The van der Waals surface area contributed by atoms with Gasteiger partial charge in [-0.05, 0) is 35.6 Å². The van der Waals surface area contributed by atoms with Crippen LogP contribution in [0.25, 0.3) is 10.2 Å². The van der Waals surface area contributed by atoms with Gasteiger partial charge in [0.1, 0.15) is 18.0 Å². The Morgan fingerprint density at radius 2 is 2.04 bits per heavy atom. The Kier molecular flexibility index (Phi) is 4.47. The molecule has 1 atom stereocenters. The lowest BCUT2D eigenvalue weighted by Gasteiger charge is -2.15. The van der Waals surface area contributed by atoms with Gasteiger partial charge in [-0.15, -0.1) is 11.3 Å². The number of fused-ring (bicyclic) bond motifs is 1. The fourth-order valence-electron chi connectivity index (χ4n) is 2.31. The minimum atomic E-state index is -0.412. The van der Waals surface area contributed by atoms with Gasteiger partial charge in [-0.2, -0.15) is 0 Å². The first-order valence-electron chi connectivity index (χ1n) is 7.09. The number of hydrogen-bond acceptors (Lipinski definition) is 5. The summed E-state index contributed by atoms with van der Waals surface area (Å²) in [6.45, 7) is 0.358. The fourth-order valence-corrected chi connectivity index (χ4v) is 3.12. The monoisotopic (exact) mass is 330 g/mol. The fraction of sp³-hybridized carbons (Fsp3) is 0.188. The zero-order valence-electron chi connectivity index (χ0n) is 12.2. The average molecular weight is 330 g/mol. The van der Waals surface area contributed by atoms with Gasteiger partial charge in [-0.3, -0.25) is 4.79 Å². The number of benzene rings is 1. The van der Waals surface area contributed by atoms with E-state index in [1.165, 1.54) is 29.8 Å². The molecule has 0 aliphatic carbocycles. The summed E-state index contributed by atoms with van der Waals surface area (Å²) in [5.74, 6) is -0.428. The van der Waals surface area contributed by atoms with Crippen molar-refractivity contribution in [2.45, 2.75) is 6.42 Å². The number of halogens is 1. The Bertz CT molecular complexity index is 818. The third-order valence-corrected chi connectivity index (χ3v) is 4.47. The number of nitrogens with one attached hydrogen (secondary N) is 1. The summed E-state index contributed by atoms with van der Waals surface area (Å²) in [6.07, 6.45) is 1.93. The molecule has 1 aromatic carbocycles. The van der Waals surface area contributed by atoms with E-state index >= 15 is 0 Å². The Morgan fingerprint density at radius 1 is 1.26 bits per heavy atom. The molecule has 0 bridgehead atoms. The Labute approximate surface area is 136 Å². The van der Waals surface area contributed by atoms with E-state index in [9.17, 15) is 9.18 Å². The van der Waals surface area contributed by atoms with Crippen LogP contribution in [0.3, 0.4) is 0 Å². The molecule has 0 saturated carbocycles. The Balaban J connectivity index is 1.71. The third kappa shape index (κ3) is 3.62. The molecule has 0 fully saturated rings. The van der Waals surface area contributed by atoms with E-state index in [-0.39, 0.29) is 5.82 Å². The lowest BCUT2D eigenvalue weighted by molar-refractivity contribution is -0.121. The summed E-state index contributed by atoms with van der Waals surface area (Å²) in [7, 11) is 0. The van der Waals surface area contributed by atoms with Crippen molar-refractivity contribution >= 4 is 33.3 Å². The van der Waals surface area contributed by atoms with E-state index in [0.717, 1.165) is 15.8 Å². The van der Waals surface area contributed by atoms with Gasteiger partial charge >= 0.3 is 0 Å². The van der Waals surface area contributed by atoms with Crippen molar-refractivity contribution in [1.82, 2.24) is 9.97 Å². The Morgan fingerprint density at radius 3 is 2.78 bits per heavy atom. The van der Waals surface area contributed by atoms with E-state index < -0.39 is 11.8 Å². The molecule has 7 heteroatoms. The molecule has 0 unspecified atom stereocenters. The zero-order valence-corrected chi connectivity index (χ0v) is 13.0. The van der Waals surface area contributed by atoms with Gasteiger partial charge in [0.15, 0.2) is 0 Å². The number of primary amides is 1. The standard InChI is InChI=1S/C16H15FN4OS/c17-12-3-1-10(2-4-12)7-11(15(18)22)8-19-16-14-13(5-6-23-14)20-9-21-16/h1-6,9,11H,7-8H2,(H2,18,22)(H,19,20,21)/t11-/m1/s1. The second-order valence-corrected chi connectivity index (χ2v) is 6.08. The molecule has 0 aliphatic heterocycles. The molecule has 23 heavy (non-hydrogen) atoms. The average Bonchev–Trinajstić information content (AvgIpc) is 3.02. The number of rotatable bonds is 6. The van der Waals surface area contributed by atoms with Gasteiger partial charge in [-0.25, -0.2) is 14.4 Å². The maximum absolute atomic E-state index is 13.0. The second-order valence-electron chi connectivity index (χ2n) is 5.17. The van der Waals surface area contributed by atoms with Crippen LogP contribution in [0.5, 0.6) is 0 Å². The highest BCUT2D eigenvalue weighted by Gasteiger charge is 2.17. The summed E-state index contributed by atoms with van der Waals surface area (Å²) in [5, 5.41) is 5.11. The highest BCUT2D eigenvalue weighted by molar-refractivity contribution is 7.17. The van der Waals surface area contributed by atoms with Crippen LogP contribution >= 0.6 is 11.3 Å². The molecule has 3 aromatic rings. The number of carbonyl (C=O) groups is 1. The van der Waals surface area contributed by atoms with Gasteiger partial charge in [0.2, 0.25) is 5.91 Å². The van der Waals surface area contributed by atoms with E-state index in [1.807, 2.05) is 11.4 Å². The summed E-state index contributed by atoms with van der Waals surface area (Å²) in [5.41, 5.74) is 7.21. The van der Waals surface area contributed by atoms with Gasteiger partial charge < -0.3 is 11.1 Å². The molecule has 0 spiro atoms. The summed E-state index contributed by atoms with van der Waals surface area (Å²) in [4.78, 5) is 20.1. The second kappa shape index (κ2) is 6.70. The molecule has 3 N–H and O–H groups in total. The van der Waals surface area contributed by atoms with Gasteiger partial charge in [0.05, 0.1) is 16.1 Å². The van der Waals surface area contributed by atoms with E-state index in [4.69, 9.17) is 5.73 Å². The predicted molar refractivity (Wildman–Crippen MR) is 88.7 cm³/mol. The number of hydrogen-bond donors (Lipinski definition) is 2. The van der Waals surface area contributed by atoms with Crippen molar-refractivity contribution in [1.29, 1.82) is 0 Å². The predicted octanol–water partition coefficient (Wildman–Crippen LogP) is 2.59. The summed E-state index contributed by atoms with van der Waals surface area (Å²) in [6, 6.07) is 7.98. The first-order valence-corrected chi connectivity index (χ1v) is 7.97. The lowest BCUT2D eigenvalue weighted by atomic mass is 9.98. The topological polar surface area (TPSA) is 80.9 Å². The number of amides is 1. The SMILES string of the molecule is NC(=O)[C@@H](CNc1ncnc2ccsc12)Cc1ccc(F)cc1. The van der Waals surface area contributed by atoms with Crippen molar-refractivity contribution in [2.75, 3.05) is 11.9 Å². The number of aromatic nitrogens is 2. The molecular weight excluding hydrogens is 315 g/mol. The molecule has 2 aromatic heterocycles. The van der Waals surface area contributed by atoms with Gasteiger partial charge in [0.25, 0.3) is 0 Å². The van der Waals surface area contributed by atoms with E-state index in [2.05, 4.69) is 15.3 Å². The molecular formula is C16H15FN4OS. The quantitative estimate of drug-likeness (QED) is 0.728. The normalized spacial score (nSPS) is 12.2. The van der Waals surface area contributed by atoms with Crippen LogP contribution in [0.1, 0.15) is 5.56 Å². The van der Waals surface area contributed by atoms with Crippen molar-refractivity contribution in [3.05, 3.63) is 53.4 Å². The molecule has 3 rings (SSSR count). The number of nitrogens with two attached hydrogens (primary N) is 1. The number of nitrogens with zero attached hydrogens (tertiary/aromatic N) is 2. The molecule has 0 aliphatic rings. The van der Waals surface area contributed by atoms with Crippen molar-refractivity contribution in [3.8, 4) is 0 Å². The van der Waals surface area contributed by atoms with E-state index in [0.29, 0.717) is 18.8 Å². The largest absolute Gasteiger partial charge is 0.369 e.